The van der Waals surface area contributed by atoms with E-state index in [-0.39, 0.29) is 11.3 Å². The molecule has 1 heterocycles. The van der Waals surface area contributed by atoms with Gasteiger partial charge in [0.15, 0.2) is 5.78 Å². The highest BCUT2D eigenvalue weighted by Gasteiger charge is 2.18. The van der Waals surface area contributed by atoms with Crippen molar-refractivity contribution in [1.29, 1.82) is 0 Å². The van der Waals surface area contributed by atoms with Crippen LogP contribution in [-0.4, -0.2) is 14.9 Å². The van der Waals surface area contributed by atoms with E-state index in [1.54, 1.807) is 6.07 Å². The van der Waals surface area contributed by atoms with Crippen molar-refractivity contribution in [1.82, 2.24) is 9.13 Å². The predicted octanol–water partition coefficient (Wildman–Crippen LogP) is 0.932. The molecule has 0 fully saturated rings. The van der Waals surface area contributed by atoms with Crippen molar-refractivity contribution in [3.8, 4) is 0 Å². The Morgan fingerprint density at radius 1 is 1.05 bits per heavy atom. The normalized spacial score (nSPS) is 10.6. The molecule has 0 bridgehead atoms. The first kappa shape index (κ1) is 14.0. The maximum atomic E-state index is 12.5. The summed E-state index contributed by atoms with van der Waals surface area (Å²) in [5.41, 5.74) is 1.32. The van der Waals surface area contributed by atoms with E-state index in [1.807, 2.05) is 26.0 Å². The Labute approximate surface area is 116 Å². The third-order valence-corrected chi connectivity index (χ3v) is 3.32. The van der Waals surface area contributed by atoms with Gasteiger partial charge in [-0.1, -0.05) is 23.8 Å². The quantitative estimate of drug-likeness (QED) is 0.764. The van der Waals surface area contributed by atoms with Crippen LogP contribution < -0.4 is 11.2 Å². The molecule has 0 spiro atoms. The Hall–Kier alpha value is -2.43. The van der Waals surface area contributed by atoms with Gasteiger partial charge in [-0.05, 0) is 19.4 Å². The highest BCUT2D eigenvalue weighted by Crippen LogP contribution is 2.13. The van der Waals surface area contributed by atoms with E-state index in [4.69, 9.17) is 0 Å². The van der Waals surface area contributed by atoms with E-state index in [2.05, 4.69) is 0 Å². The molecule has 0 saturated carbocycles. The van der Waals surface area contributed by atoms with Crippen LogP contribution >= 0.6 is 0 Å². The minimum Gasteiger partial charge on any atom is -0.303 e. The van der Waals surface area contributed by atoms with Crippen LogP contribution in [0, 0.1) is 13.8 Å². The second-order valence-corrected chi connectivity index (χ2v) is 4.95. The van der Waals surface area contributed by atoms with Crippen LogP contribution in [0.25, 0.3) is 0 Å². The van der Waals surface area contributed by atoms with Crippen LogP contribution in [0.15, 0.2) is 34.0 Å². The molecule has 2 aromatic rings. The molecule has 0 amide bonds. The van der Waals surface area contributed by atoms with Gasteiger partial charge < -0.3 is 4.57 Å². The summed E-state index contributed by atoms with van der Waals surface area (Å²) in [7, 11) is 2.88. The van der Waals surface area contributed by atoms with Crippen molar-refractivity contribution in [3.63, 3.8) is 0 Å². The zero-order chi connectivity index (χ0) is 15.0. The number of carbonyl (C=O) groups is 1. The van der Waals surface area contributed by atoms with Gasteiger partial charge in [-0.25, -0.2) is 4.79 Å². The third kappa shape index (κ3) is 2.22. The summed E-state index contributed by atoms with van der Waals surface area (Å²) in [4.78, 5) is 36.2. The number of hydrogen-bond donors (Lipinski definition) is 0. The molecular formula is C15H16N2O3. The number of aryl methyl sites for hydroxylation is 3. The van der Waals surface area contributed by atoms with Gasteiger partial charge in [0, 0.05) is 25.9 Å². The molecule has 20 heavy (non-hydrogen) atoms. The fourth-order valence-corrected chi connectivity index (χ4v) is 2.18. The molecule has 104 valence electrons. The number of rotatable bonds is 2. The summed E-state index contributed by atoms with van der Waals surface area (Å²) in [6.45, 7) is 3.76. The smallest absolute Gasteiger partial charge is 0.303 e. The molecule has 0 unspecified atom stereocenters. The Kier molecular flexibility index (Phi) is 3.44. The average molecular weight is 272 g/mol. The highest BCUT2D eigenvalue weighted by atomic mass is 16.2. The minimum atomic E-state index is -0.571. The summed E-state index contributed by atoms with van der Waals surface area (Å²) in [6.07, 6.45) is 1.30. The Bertz CT molecular complexity index is 813. The van der Waals surface area contributed by atoms with Crippen LogP contribution in [0.4, 0.5) is 0 Å². The molecule has 1 aromatic carbocycles. The highest BCUT2D eigenvalue weighted by molar-refractivity contribution is 6.09. The molecular weight excluding hydrogens is 256 g/mol. The van der Waals surface area contributed by atoms with Gasteiger partial charge in [-0.2, -0.15) is 0 Å². The zero-order valence-electron chi connectivity index (χ0n) is 11.9. The topological polar surface area (TPSA) is 61.1 Å². The molecule has 2 rings (SSSR count). The van der Waals surface area contributed by atoms with Crippen LogP contribution in [-0.2, 0) is 14.1 Å². The lowest BCUT2D eigenvalue weighted by atomic mass is 9.99. The largest absolute Gasteiger partial charge is 0.330 e. The predicted molar refractivity (Wildman–Crippen MR) is 76.3 cm³/mol. The van der Waals surface area contributed by atoms with Gasteiger partial charge in [-0.15, -0.1) is 0 Å². The molecule has 0 saturated heterocycles. The van der Waals surface area contributed by atoms with Crippen molar-refractivity contribution in [3.05, 3.63) is 67.5 Å². The lowest BCUT2D eigenvalue weighted by Gasteiger charge is -2.08. The Morgan fingerprint density at radius 2 is 1.70 bits per heavy atom. The van der Waals surface area contributed by atoms with Crippen molar-refractivity contribution in [2.75, 3.05) is 0 Å². The fraction of sp³-hybridized carbons (Fsp3) is 0.267. The first-order valence-corrected chi connectivity index (χ1v) is 6.21. The number of nitrogens with zero attached hydrogens (tertiary/aromatic N) is 2. The lowest BCUT2D eigenvalue weighted by molar-refractivity contribution is 0.103. The number of hydrogen-bond acceptors (Lipinski definition) is 3. The van der Waals surface area contributed by atoms with Crippen LogP contribution in [0.5, 0.6) is 0 Å². The number of carbonyl (C=O) groups excluding carboxylic acids is 1. The van der Waals surface area contributed by atoms with E-state index in [0.29, 0.717) is 5.56 Å². The molecule has 5 nitrogen and oxygen atoms in total. The molecule has 0 aliphatic rings. The van der Waals surface area contributed by atoms with Gasteiger partial charge in [-0.3, -0.25) is 14.2 Å². The molecule has 0 aliphatic carbocycles. The maximum absolute atomic E-state index is 12.5. The standard InChI is InChI=1S/C15H16N2O3/c1-9-5-6-11(10(2)7-9)13(18)12-8-16(3)15(20)17(4)14(12)19/h5-8H,1-4H3. The molecule has 0 atom stereocenters. The van der Waals surface area contributed by atoms with Gasteiger partial charge in [0.05, 0.1) is 0 Å². The third-order valence-electron chi connectivity index (χ3n) is 3.32. The van der Waals surface area contributed by atoms with Crippen LogP contribution in [0.3, 0.4) is 0 Å². The maximum Gasteiger partial charge on any atom is 0.330 e. The SMILES string of the molecule is Cc1ccc(C(=O)c2cn(C)c(=O)n(C)c2=O)c(C)c1. The Balaban J connectivity index is 2.66. The fourth-order valence-electron chi connectivity index (χ4n) is 2.18. The van der Waals surface area contributed by atoms with Crippen LogP contribution in [0.1, 0.15) is 27.0 Å². The molecule has 5 heteroatoms. The molecule has 0 radical (unpaired) electrons. The number of benzene rings is 1. The number of ketones is 1. The summed E-state index contributed by atoms with van der Waals surface area (Å²) in [5.74, 6) is -0.362. The van der Waals surface area contributed by atoms with Gasteiger partial charge in [0.25, 0.3) is 5.56 Å². The zero-order valence-corrected chi connectivity index (χ0v) is 11.9. The van der Waals surface area contributed by atoms with Gasteiger partial charge in [0.2, 0.25) is 0 Å². The summed E-state index contributed by atoms with van der Waals surface area (Å²) >= 11 is 0. The van der Waals surface area contributed by atoms with E-state index in [1.165, 1.54) is 24.9 Å². The van der Waals surface area contributed by atoms with Crippen molar-refractivity contribution in [2.45, 2.75) is 13.8 Å². The van der Waals surface area contributed by atoms with E-state index in [9.17, 15) is 14.4 Å². The van der Waals surface area contributed by atoms with Crippen molar-refractivity contribution in [2.24, 2.45) is 14.1 Å². The Morgan fingerprint density at radius 3 is 2.30 bits per heavy atom. The van der Waals surface area contributed by atoms with Crippen molar-refractivity contribution < 1.29 is 4.79 Å². The van der Waals surface area contributed by atoms with Crippen LogP contribution in [0.2, 0.25) is 0 Å². The van der Waals surface area contributed by atoms with E-state index >= 15 is 0 Å². The van der Waals surface area contributed by atoms with Gasteiger partial charge >= 0.3 is 5.69 Å². The minimum absolute atomic E-state index is 0.00144. The van der Waals surface area contributed by atoms with E-state index < -0.39 is 11.2 Å². The lowest BCUT2D eigenvalue weighted by Crippen LogP contribution is -2.39. The second-order valence-electron chi connectivity index (χ2n) is 4.95. The van der Waals surface area contributed by atoms with E-state index in [0.717, 1.165) is 15.7 Å². The average Bonchev–Trinajstić information content (AvgIpc) is 2.40. The first-order chi connectivity index (χ1) is 9.32. The monoisotopic (exact) mass is 272 g/mol. The van der Waals surface area contributed by atoms with Gasteiger partial charge in [0.1, 0.15) is 5.56 Å². The molecule has 1 aromatic heterocycles. The van der Waals surface area contributed by atoms with Crippen molar-refractivity contribution >= 4 is 5.78 Å². The molecule has 0 aliphatic heterocycles. The second kappa shape index (κ2) is 4.92. The number of aromatic nitrogens is 2. The summed E-state index contributed by atoms with van der Waals surface area (Å²) in [5, 5.41) is 0. The summed E-state index contributed by atoms with van der Waals surface area (Å²) in [6, 6.07) is 5.42. The summed E-state index contributed by atoms with van der Waals surface area (Å²) < 4.78 is 2.18. The molecule has 0 N–H and O–H groups in total. The first-order valence-electron chi connectivity index (χ1n) is 6.21.